The molecule has 1 nitrogen and oxygen atoms in total. The average Bonchev–Trinajstić information content (AvgIpc) is 2.83. The zero-order valence-corrected chi connectivity index (χ0v) is 23.7. The van der Waals surface area contributed by atoms with Crippen molar-refractivity contribution in [3.63, 3.8) is 0 Å². The van der Waals surface area contributed by atoms with Crippen molar-refractivity contribution in [1.82, 2.24) is 0 Å². The lowest BCUT2D eigenvalue weighted by atomic mass is 9.89. The quantitative estimate of drug-likeness (QED) is 0.109. The van der Waals surface area contributed by atoms with E-state index < -0.39 is 0 Å². The van der Waals surface area contributed by atoms with E-state index >= 15 is 0 Å². The second kappa shape index (κ2) is 30.0. The van der Waals surface area contributed by atoms with E-state index in [-0.39, 0.29) is 0 Å². The largest absolute Gasteiger partial charge is 0.330 e. The summed E-state index contributed by atoms with van der Waals surface area (Å²) in [5.74, 6) is 1.02. The predicted molar refractivity (Wildman–Crippen MR) is 153 cm³/mol. The fourth-order valence-electron chi connectivity index (χ4n) is 5.38. The zero-order valence-electron chi connectivity index (χ0n) is 23.7. The van der Waals surface area contributed by atoms with Crippen LogP contribution in [0.25, 0.3) is 0 Å². The minimum Gasteiger partial charge on any atom is -0.330 e. The van der Waals surface area contributed by atoms with Gasteiger partial charge in [0.05, 0.1) is 0 Å². The summed E-state index contributed by atoms with van der Waals surface area (Å²) in [6.07, 6.45) is 40.7. The van der Waals surface area contributed by atoms with Gasteiger partial charge in [0.2, 0.25) is 0 Å². The van der Waals surface area contributed by atoms with E-state index in [9.17, 15) is 0 Å². The Hall–Kier alpha value is -0.0400. The highest BCUT2D eigenvalue weighted by Gasteiger charge is 2.09. The number of unbranched alkanes of at least 4 members (excludes halogenated alkanes) is 22. The molecule has 200 valence electrons. The van der Waals surface area contributed by atoms with Gasteiger partial charge in [0.15, 0.2) is 0 Å². The van der Waals surface area contributed by atoms with Crippen LogP contribution >= 0.6 is 0 Å². The minimum absolute atomic E-state index is 0.875. The summed E-state index contributed by atoms with van der Waals surface area (Å²) in [6, 6.07) is 0. The Kier molecular flexibility index (Phi) is 30.0. The Morgan fingerprint density at radius 1 is 0.333 bits per heavy atom. The van der Waals surface area contributed by atoms with Crippen molar-refractivity contribution in [3.05, 3.63) is 0 Å². The van der Waals surface area contributed by atoms with E-state index in [1.54, 1.807) is 0 Å². The number of nitrogens with two attached hydrogens (primary N) is 1. The Balaban J connectivity index is 3.79. The van der Waals surface area contributed by atoms with Crippen LogP contribution in [0, 0.1) is 5.92 Å². The highest BCUT2D eigenvalue weighted by molar-refractivity contribution is 4.62. The fourth-order valence-corrected chi connectivity index (χ4v) is 5.38. The van der Waals surface area contributed by atoms with E-state index in [2.05, 4.69) is 13.8 Å². The van der Waals surface area contributed by atoms with Gasteiger partial charge in [0.25, 0.3) is 0 Å². The van der Waals surface area contributed by atoms with Crippen LogP contribution in [-0.4, -0.2) is 6.54 Å². The molecule has 0 amide bonds. The summed E-state index contributed by atoms with van der Waals surface area (Å²) < 4.78 is 0. The molecule has 0 fully saturated rings. The normalized spacial score (nSPS) is 11.6. The second-order valence-electron chi connectivity index (χ2n) is 11.2. The van der Waals surface area contributed by atoms with Crippen molar-refractivity contribution in [1.29, 1.82) is 0 Å². The average molecular weight is 466 g/mol. The van der Waals surface area contributed by atoms with Crippen LogP contribution in [0.5, 0.6) is 0 Å². The van der Waals surface area contributed by atoms with Crippen molar-refractivity contribution in [3.8, 4) is 0 Å². The van der Waals surface area contributed by atoms with Gasteiger partial charge in [0, 0.05) is 0 Å². The van der Waals surface area contributed by atoms with Crippen LogP contribution in [0.2, 0.25) is 0 Å². The molecule has 0 aliphatic carbocycles. The number of rotatable bonds is 29. The topological polar surface area (TPSA) is 26.0 Å². The molecule has 0 aromatic carbocycles. The monoisotopic (exact) mass is 466 g/mol. The molecule has 0 heterocycles. The molecule has 0 saturated carbocycles. The third kappa shape index (κ3) is 28.1. The lowest BCUT2D eigenvalue weighted by Gasteiger charge is -2.17. The molecule has 0 radical (unpaired) electrons. The molecule has 2 N–H and O–H groups in total. The van der Waals surface area contributed by atoms with Crippen molar-refractivity contribution < 1.29 is 0 Å². The SMILES string of the molecule is CCCCCCCCCCCCC(CCCCCCCN)CCCCCCCCCCCC. The van der Waals surface area contributed by atoms with Crippen LogP contribution in [0.3, 0.4) is 0 Å². The molecule has 1 heteroatoms. The van der Waals surface area contributed by atoms with E-state index in [1.807, 2.05) is 0 Å². The van der Waals surface area contributed by atoms with Crippen LogP contribution in [0.15, 0.2) is 0 Å². The lowest BCUT2D eigenvalue weighted by Crippen LogP contribution is -2.02. The van der Waals surface area contributed by atoms with E-state index in [4.69, 9.17) is 5.73 Å². The van der Waals surface area contributed by atoms with Gasteiger partial charge >= 0.3 is 0 Å². The Labute approximate surface area is 211 Å². The Bertz CT molecular complexity index is 302. The van der Waals surface area contributed by atoms with Crippen LogP contribution < -0.4 is 5.73 Å². The maximum Gasteiger partial charge on any atom is -0.00773 e. The molecular weight excluding hydrogens is 398 g/mol. The standard InChI is InChI=1S/C32H67N/c1-3-5-7-9-11-13-15-17-20-24-28-32(30-26-22-19-23-27-31-33)29-25-21-18-16-14-12-10-8-6-4-2/h32H,3-31,33H2,1-2H3. The summed E-state index contributed by atoms with van der Waals surface area (Å²) >= 11 is 0. The van der Waals surface area contributed by atoms with Gasteiger partial charge in [-0.05, 0) is 18.9 Å². The molecule has 0 aliphatic rings. The summed E-state index contributed by atoms with van der Waals surface area (Å²) in [6.45, 7) is 5.50. The van der Waals surface area contributed by atoms with Crippen LogP contribution in [0.4, 0.5) is 0 Å². The molecule has 0 rings (SSSR count). The second-order valence-corrected chi connectivity index (χ2v) is 11.2. The van der Waals surface area contributed by atoms with Gasteiger partial charge in [-0.1, -0.05) is 187 Å². The Morgan fingerprint density at radius 3 is 0.848 bits per heavy atom. The zero-order chi connectivity index (χ0) is 24.1. The predicted octanol–water partition coefficient (Wildman–Crippen LogP) is 11.5. The van der Waals surface area contributed by atoms with Crippen LogP contribution in [0.1, 0.15) is 194 Å². The summed E-state index contributed by atoms with van der Waals surface area (Å²) in [4.78, 5) is 0. The molecule has 0 unspecified atom stereocenters. The van der Waals surface area contributed by atoms with Gasteiger partial charge in [0.1, 0.15) is 0 Å². The first-order chi connectivity index (χ1) is 16.3. The molecule has 0 atom stereocenters. The molecule has 0 aromatic heterocycles. The van der Waals surface area contributed by atoms with Gasteiger partial charge < -0.3 is 5.73 Å². The third-order valence-electron chi connectivity index (χ3n) is 7.75. The van der Waals surface area contributed by atoms with Crippen LogP contribution in [-0.2, 0) is 0 Å². The lowest BCUT2D eigenvalue weighted by molar-refractivity contribution is 0.365. The maximum atomic E-state index is 5.64. The molecule has 0 saturated heterocycles. The maximum absolute atomic E-state index is 5.64. The fraction of sp³-hybridized carbons (Fsp3) is 1.00. The minimum atomic E-state index is 0.875. The van der Waals surface area contributed by atoms with Crippen molar-refractivity contribution >= 4 is 0 Å². The molecule has 0 aliphatic heterocycles. The van der Waals surface area contributed by atoms with Crippen molar-refractivity contribution in [2.45, 2.75) is 194 Å². The number of hydrogen-bond donors (Lipinski definition) is 1. The molecular formula is C32H67N. The summed E-state index contributed by atoms with van der Waals surface area (Å²) in [7, 11) is 0. The van der Waals surface area contributed by atoms with E-state index in [0.717, 1.165) is 12.5 Å². The summed E-state index contributed by atoms with van der Waals surface area (Å²) in [5.41, 5.74) is 5.64. The van der Waals surface area contributed by atoms with Gasteiger partial charge in [-0.2, -0.15) is 0 Å². The van der Waals surface area contributed by atoms with Gasteiger partial charge in [-0.3, -0.25) is 0 Å². The molecule has 0 spiro atoms. The molecule has 0 bridgehead atoms. The first-order valence-electron chi connectivity index (χ1n) is 16.0. The first kappa shape index (κ1) is 33.0. The number of hydrogen-bond acceptors (Lipinski definition) is 1. The van der Waals surface area contributed by atoms with Crippen molar-refractivity contribution in [2.75, 3.05) is 6.54 Å². The van der Waals surface area contributed by atoms with Gasteiger partial charge in [-0.25, -0.2) is 0 Å². The summed E-state index contributed by atoms with van der Waals surface area (Å²) in [5, 5.41) is 0. The van der Waals surface area contributed by atoms with Gasteiger partial charge in [-0.15, -0.1) is 0 Å². The van der Waals surface area contributed by atoms with Crippen molar-refractivity contribution in [2.24, 2.45) is 11.7 Å². The molecule has 0 aromatic rings. The molecule has 33 heavy (non-hydrogen) atoms. The highest BCUT2D eigenvalue weighted by atomic mass is 14.5. The Morgan fingerprint density at radius 2 is 0.576 bits per heavy atom. The smallest absolute Gasteiger partial charge is 0.00773 e. The van der Waals surface area contributed by atoms with E-state index in [0.29, 0.717) is 0 Å². The highest BCUT2D eigenvalue weighted by Crippen LogP contribution is 2.25. The third-order valence-corrected chi connectivity index (χ3v) is 7.75. The van der Waals surface area contributed by atoms with E-state index in [1.165, 1.54) is 180 Å². The first-order valence-corrected chi connectivity index (χ1v) is 16.0.